The molecule has 0 spiro atoms. The maximum atomic E-state index is 6.64. The summed E-state index contributed by atoms with van der Waals surface area (Å²) in [6.45, 7) is 2.99. The third kappa shape index (κ3) is 11.6. The zero-order valence-electron chi connectivity index (χ0n) is 9.73. The summed E-state index contributed by atoms with van der Waals surface area (Å²) in [6, 6.07) is 0. The SMILES string of the molecule is CCCCCCCCCCCCN=N. The van der Waals surface area contributed by atoms with Gasteiger partial charge >= 0.3 is 0 Å². The molecule has 84 valence electrons. The summed E-state index contributed by atoms with van der Waals surface area (Å²) in [6.07, 6.45) is 13.5. The van der Waals surface area contributed by atoms with Crippen molar-refractivity contribution < 1.29 is 0 Å². The Hall–Kier alpha value is -0.400. The Balaban J connectivity index is 2.81. The van der Waals surface area contributed by atoms with Gasteiger partial charge in [0.1, 0.15) is 0 Å². The predicted molar refractivity (Wildman–Crippen MR) is 61.9 cm³/mol. The average Bonchev–Trinajstić information content (AvgIpc) is 2.21. The summed E-state index contributed by atoms with van der Waals surface area (Å²) < 4.78 is 0. The maximum Gasteiger partial charge on any atom is 0.0596 e. The van der Waals surface area contributed by atoms with Gasteiger partial charge in [-0.25, -0.2) is 5.53 Å². The predicted octanol–water partition coefficient (Wildman–Crippen LogP) is 4.94. The van der Waals surface area contributed by atoms with Crippen molar-refractivity contribution in [3.05, 3.63) is 0 Å². The standard InChI is InChI=1S/C12H26N2/c1-2-3-4-5-6-7-8-9-10-11-12-14-13/h13H,2-12H2,1H3. The van der Waals surface area contributed by atoms with Gasteiger partial charge in [-0.1, -0.05) is 64.7 Å². The first-order valence-corrected chi connectivity index (χ1v) is 6.25. The van der Waals surface area contributed by atoms with Crippen molar-refractivity contribution in [2.75, 3.05) is 6.54 Å². The topological polar surface area (TPSA) is 36.2 Å². The van der Waals surface area contributed by atoms with Gasteiger partial charge in [-0.2, -0.15) is 5.11 Å². The van der Waals surface area contributed by atoms with Crippen LogP contribution in [0.5, 0.6) is 0 Å². The van der Waals surface area contributed by atoms with Crippen LogP contribution in [-0.4, -0.2) is 6.54 Å². The van der Waals surface area contributed by atoms with Crippen LogP contribution in [0.2, 0.25) is 0 Å². The van der Waals surface area contributed by atoms with Gasteiger partial charge in [0.2, 0.25) is 0 Å². The van der Waals surface area contributed by atoms with Gasteiger partial charge in [0.25, 0.3) is 0 Å². The molecule has 0 rings (SSSR count). The Morgan fingerprint density at radius 3 is 1.57 bits per heavy atom. The van der Waals surface area contributed by atoms with E-state index in [1.165, 1.54) is 57.8 Å². The molecule has 0 aliphatic carbocycles. The summed E-state index contributed by atoms with van der Waals surface area (Å²) >= 11 is 0. The first kappa shape index (κ1) is 13.6. The molecule has 2 nitrogen and oxygen atoms in total. The van der Waals surface area contributed by atoms with Crippen molar-refractivity contribution in [3.8, 4) is 0 Å². The molecule has 1 N–H and O–H groups in total. The second kappa shape index (κ2) is 12.6. The van der Waals surface area contributed by atoms with Gasteiger partial charge < -0.3 is 0 Å². The van der Waals surface area contributed by atoms with E-state index < -0.39 is 0 Å². The van der Waals surface area contributed by atoms with E-state index in [4.69, 9.17) is 5.53 Å². The minimum Gasteiger partial charge on any atom is -0.210 e. The van der Waals surface area contributed by atoms with E-state index in [-0.39, 0.29) is 0 Å². The number of nitrogens with one attached hydrogen (secondary N) is 1. The Kier molecular flexibility index (Phi) is 12.2. The van der Waals surface area contributed by atoms with Crippen LogP contribution in [0.25, 0.3) is 0 Å². The number of hydrogen-bond donors (Lipinski definition) is 1. The Bertz CT molecular complexity index is 113. The molecule has 0 atom stereocenters. The quantitative estimate of drug-likeness (QED) is 0.361. The lowest BCUT2D eigenvalue weighted by molar-refractivity contribution is 0.556. The third-order valence-electron chi connectivity index (χ3n) is 2.62. The molecule has 0 aromatic heterocycles. The molecule has 0 unspecified atom stereocenters. The van der Waals surface area contributed by atoms with Crippen LogP contribution >= 0.6 is 0 Å². The van der Waals surface area contributed by atoms with E-state index >= 15 is 0 Å². The summed E-state index contributed by atoms with van der Waals surface area (Å²) in [5, 5.41) is 3.35. The highest BCUT2D eigenvalue weighted by Gasteiger charge is 1.91. The molecule has 0 aliphatic rings. The third-order valence-corrected chi connectivity index (χ3v) is 2.62. The molecule has 0 saturated heterocycles. The summed E-state index contributed by atoms with van der Waals surface area (Å²) in [4.78, 5) is 0. The largest absolute Gasteiger partial charge is 0.210 e. The fourth-order valence-corrected chi connectivity index (χ4v) is 1.68. The fourth-order valence-electron chi connectivity index (χ4n) is 1.68. The zero-order chi connectivity index (χ0) is 10.5. The van der Waals surface area contributed by atoms with Crippen molar-refractivity contribution in [2.45, 2.75) is 71.1 Å². The second-order valence-corrected chi connectivity index (χ2v) is 4.06. The molecule has 0 aromatic rings. The minimum atomic E-state index is 0.733. The Morgan fingerprint density at radius 1 is 0.714 bits per heavy atom. The van der Waals surface area contributed by atoms with Crippen LogP contribution in [0.4, 0.5) is 0 Å². The highest BCUT2D eigenvalue weighted by Crippen LogP contribution is 2.10. The molecule has 2 heteroatoms. The number of rotatable bonds is 11. The number of unbranched alkanes of at least 4 members (excludes halogenated alkanes) is 9. The van der Waals surface area contributed by atoms with Crippen molar-refractivity contribution >= 4 is 0 Å². The molecule has 0 saturated carbocycles. The summed E-state index contributed by atoms with van der Waals surface area (Å²) in [5.74, 6) is 0. The van der Waals surface area contributed by atoms with Crippen molar-refractivity contribution in [1.29, 1.82) is 5.53 Å². The van der Waals surface area contributed by atoms with Crippen molar-refractivity contribution in [1.82, 2.24) is 0 Å². The van der Waals surface area contributed by atoms with E-state index in [1.54, 1.807) is 0 Å². The number of hydrogen-bond acceptors (Lipinski definition) is 2. The maximum absolute atomic E-state index is 6.64. The van der Waals surface area contributed by atoms with E-state index in [0.717, 1.165) is 13.0 Å². The molecule has 0 fully saturated rings. The highest BCUT2D eigenvalue weighted by molar-refractivity contribution is 4.47. The van der Waals surface area contributed by atoms with Crippen LogP contribution in [0.15, 0.2) is 5.11 Å². The van der Waals surface area contributed by atoms with E-state index in [2.05, 4.69) is 12.0 Å². The van der Waals surface area contributed by atoms with Gasteiger partial charge in [-0.15, -0.1) is 0 Å². The van der Waals surface area contributed by atoms with E-state index in [9.17, 15) is 0 Å². The van der Waals surface area contributed by atoms with Gasteiger partial charge in [0, 0.05) is 0 Å². The summed E-state index contributed by atoms with van der Waals surface area (Å²) in [7, 11) is 0. The molecule has 0 heterocycles. The van der Waals surface area contributed by atoms with Crippen LogP contribution in [0.3, 0.4) is 0 Å². The molecule has 14 heavy (non-hydrogen) atoms. The monoisotopic (exact) mass is 198 g/mol. The lowest BCUT2D eigenvalue weighted by atomic mass is 10.1. The molecule has 0 radical (unpaired) electrons. The van der Waals surface area contributed by atoms with Gasteiger partial charge in [-0.3, -0.25) is 0 Å². The van der Waals surface area contributed by atoms with Crippen LogP contribution in [0, 0.1) is 5.53 Å². The van der Waals surface area contributed by atoms with Crippen LogP contribution < -0.4 is 0 Å². The normalized spacial score (nSPS) is 10.4. The van der Waals surface area contributed by atoms with Gasteiger partial charge in [0.05, 0.1) is 6.54 Å². The lowest BCUT2D eigenvalue weighted by Gasteiger charge is -2.00. The molecule has 0 amide bonds. The molecular weight excluding hydrogens is 172 g/mol. The molecule has 0 bridgehead atoms. The minimum absolute atomic E-state index is 0.733. The van der Waals surface area contributed by atoms with Crippen molar-refractivity contribution in [3.63, 3.8) is 0 Å². The van der Waals surface area contributed by atoms with Crippen molar-refractivity contribution in [2.24, 2.45) is 5.11 Å². The van der Waals surface area contributed by atoms with Gasteiger partial charge in [0.15, 0.2) is 0 Å². The van der Waals surface area contributed by atoms with E-state index in [0.29, 0.717) is 0 Å². The molecule has 0 aliphatic heterocycles. The molecular formula is C12H26N2. The lowest BCUT2D eigenvalue weighted by Crippen LogP contribution is -1.83. The Labute approximate surface area is 89.0 Å². The highest BCUT2D eigenvalue weighted by atomic mass is 14.9. The first-order chi connectivity index (χ1) is 6.91. The van der Waals surface area contributed by atoms with E-state index in [1.807, 2.05) is 0 Å². The average molecular weight is 198 g/mol. The smallest absolute Gasteiger partial charge is 0.0596 e. The number of nitrogens with zero attached hydrogens (tertiary/aromatic N) is 1. The molecule has 0 aromatic carbocycles. The fraction of sp³-hybridized carbons (Fsp3) is 1.00. The van der Waals surface area contributed by atoms with Gasteiger partial charge in [-0.05, 0) is 6.42 Å². The van der Waals surface area contributed by atoms with Crippen LogP contribution in [0.1, 0.15) is 71.1 Å². The first-order valence-electron chi connectivity index (χ1n) is 6.25. The summed E-state index contributed by atoms with van der Waals surface area (Å²) in [5.41, 5.74) is 6.64. The second-order valence-electron chi connectivity index (χ2n) is 4.06. The zero-order valence-corrected chi connectivity index (χ0v) is 9.73. The van der Waals surface area contributed by atoms with Crippen LogP contribution in [-0.2, 0) is 0 Å². The Morgan fingerprint density at radius 2 is 1.14 bits per heavy atom.